The van der Waals surface area contributed by atoms with Gasteiger partial charge in [0.25, 0.3) is 0 Å². The fourth-order valence-electron chi connectivity index (χ4n) is 1.84. The second kappa shape index (κ2) is 6.21. The Morgan fingerprint density at radius 1 is 1.00 bits per heavy atom. The van der Waals surface area contributed by atoms with Crippen LogP contribution in [0, 0.1) is 0 Å². The summed E-state index contributed by atoms with van der Waals surface area (Å²) in [5.41, 5.74) is 2.23. The number of aromatic nitrogens is 1. The summed E-state index contributed by atoms with van der Waals surface area (Å²) >= 11 is 1.55. The third-order valence-corrected chi connectivity index (χ3v) is 3.71. The average Bonchev–Trinajstić information content (AvgIpc) is 2.90. The van der Waals surface area contributed by atoms with Crippen molar-refractivity contribution in [3.8, 4) is 0 Å². The van der Waals surface area contributed by atoms with Gasteiger partial charge < -0.3 is 0 Å². The lowest BCUT2D eigenvalue weighted by Crippen LogP contribution is -1.77. The Morgan fingerprint density at radius 2 is 1.80 bits per heavy atom. The summed E-state index contributed by atoms with van der Waals surface area (Å²) in [6, 6.07) is 18.3. The molecule has 2 aromatic carbocycles. The van der Waals surface area contributed by atoms with Crippen molar-refractivity contribution < 1.29 is 0 Å². The first-order valence-corrected chi connectivity index (χ1v) is 7.19. The maximum absolute atomic E-state index is 4.39. The van der Waals surface area contributed by atoms with Crippen LogP contribution in [0.2, 0.25) is 0 Å². The average molecular weight is 279 g/mol. The first-order chi connectivity index (χ1) is 9.92. The zero-order valence-electron chi connectivity index (χ0n) is 10.8. The summed E-state index contributed by atoms with van der Waals surface area (Å²) in [6.07, 6.45) is 4.57. The molecule has 0 spiro atoms. The first-order valence-electron chi connectivity index (χ1n) is 6.37. The van der Waals surface area contributed by atoms with Gasteiger partial charge in [0.15, 0.2) is 0 Å². The summed E-state index contributed by atoms with van der Waals surface area (Å²) in [5.74, 6) is 0. The van der Waals surface area contributed by atoms with Crippen molar-refractivity contribution in [1.82, 2.24) is 4.98 Å². The van der Waals surface area contributed by atoms with E-state index >= 15 is 0 Å². The molecule has 0 amide bonds. The van der Waals surface area contributed by atoms with E-state index in [0.717, 1.165) is 16.6 Å². The van der Waals surface area contributed by atoms with Crippen molar-refractivity contribution in [1.29, 1.82) is 0 Å². The maximum Gasteiger partial charge on any atom is 0.231 e. The molecular formula is C16H13N3S. The summed E-state index contributed by atoms with van der Waals surface area (Å²) < 4.78 is 1.13. The number of nitrogens with zero attached hydrogens (tertiary/aromatic N) is 3. The van der Waals surface area contributed by atoms with E-state index in [2.05, 4.69) is 27.3 Å². The van der Waals surface area contributed by atoms with Gasteiger partial charge in [-0.05, 0) is 24.1 Å². The van der Waals surface area contributed by atoms with Crippen molar-refractivity contribution in [2.24, 2.45) is 10.2 Å². The van der Waals surface area contributed by atoms with E-state index in [1.165, 1.54) is 5.56 Å². The Hall–Kier alpha value is -2.33. The SMILES string of the molecule is C(=C\N=Nc1nc2ccccc2s1)/Cc1ccccc1. The number of azo groups is 1. The van der Waals surface area contributed by atoms with Crippen LogP contribution in [0.25, 0.3) is 10.2 Å². The number of fused-ring (bicyclic) bond motifs is 1. The normalized spacial score (nSPS) is 11.8. The van der Waals surface area contributed by atoms with E-state index in [0.29, 0.717) is 5.13 Å². The number of para-hydroxylation sites is 1. The lowest BCUT2D eigenvalue weighted by molar-refractivity contribution is 1.18. The molecule has 3 aromatic rings. The number of allylic oxidation sites excluding steroid dienone is 1. The van der Waals surface area contributed by atoms with Crippen molar-refractivity contribution in [3.05, 3.63) is 72.4 Å². The predicted octanol–water partition coefficient (Wildman–Crippen LogP) is 5.14. The molecule has 4 heteroatoms. The standard InChI is InChI=1S/C16H13N3S/c1-2-7-13(8-3-1)9-6-12-17-19-16-18-14-10-4-5-11-15(14)20-16/h1-8,10-12H,9H2/b12-6+,19-17?. The van der Waals surface area contributed by atoms with E-state index in [1.54, 1.807) is 17.5 Å². The van der Waals surface area contributed by atoms with Crippen molar-refractivity contribution >= 4 is 26.7 Å². The van der Waals surface area contributed by atoms with Crippen LogP contribution in [0.5, 0.6) is 0 Å². The molecule has 3 nitrogen and oxygen atoms in total. The monoisotopic (exact) mass is 279 g/mol. The molecular weight excluding hydrogens is 266 g/mol. The minimum atomic E-state index is 0.690. The Labute approximate surface area is 121 Å². The van der Waals surface area contributed by atoms with E-state index in [4.69, 9.17) is 0 Å². The molecule has 1 heterocycles. The van der Waals surface area contributed by atoms with Crippen LogP contribution in [-0.2, 0) is 6.42 Å². The van der Waals surface area contributed by atoms with Crippen molar-refractivity contribution in [2.45, 2.75) is 6.42 Å². The lowest BCUT2D eigenvalue weighted by Gasteiger charge is -1.92. The van der Waals surface area contributed by atoms with Crippen LogP contribution in [0.4, 0.5) is 5.13 Å². The van der Waals surface area contributed by atoms with E-state index in [1.807, 2.05) is 48.5 Å². The molecule has 0 atom stereocenters. The molecule has 0 unspecified atom stereocenters. The molecule has 0 bridgehead atoms. The Kier molecular flexibility index (Phi) is 3.94. The van der Waals surface area contributed by atoms with Gasteiger partial charge in [-0.1, -0.05) is 59.9 Å². The summed E-state index contributed by atoms with van der Waals surface area (Å²) in [6.45, 7) is 0. The molecule has 20 heavy (non-hydrogen) atoms. The molecule has 0 saturated carbocycles. The lowest BCUT2D eigenvalue weighted by atomic mass is 10.1. The van der Waals surface area contributed by atoms with Gasteiger partial charge in [0, 0.05) is 6.20 Å². The van der Waals surface area contributed by atoms with Gasteiger partial charge in [-0.25, -0.2) is 4.98 Å². The van der Waals surface area contributed by atoms with Gasteiger partial charge in [-0.3, -0.25) is 0 Å². The quantitative estimate of drug-likeness (QED) is 0.609. The van der Waals surface area contributed by atoms with Gasteiger partial charge in [0.05, 0.1) is 10.2 Å². The molecule has 0 aliphatic heterocycles. The van der Waals surface area contributed by atoms with Crippen LogP contribution in [0.1, 0.15) is 5.56 Å². The third kappa shape index (κ3) is 3.16. The molecule has 0 N–H and O–H groups in total. The van der Waals surface area contributed by atoms with Gasteiger partial charge in [0.2, 0.25) is 5.13 Å². The van der Waals surface area contributed by atoms with Gasteiger partial charge in [-0.15, -0.1) is 5.11 Å². The molecule has 3 rings (SSSR count). The molecule has 0 saturated heterocycles. The zero-order valence-corrected chi connectivity index (χ0v) is 11.6. The number of hydrogen-bond donors (Lipinski definition) is 0. The highest BCUT2D eigenvalue weighted by atomic mass is 32.1. The van der Waals surface area contributed by atoms with Crippen LogP contribution < -0.4 is 0 Å². The number of hydrogen-bond acceptors (Lipinski definition) is 4. The smallest absolute Gasteiger partial charge is 0.217 e. The summed E-state index contributed by atoms with van der Waals surface area (Å²) in [7, 11) is 0. The molecule has 0 radical (unpaired) electrons. The Bertz CT molecular complexity index is 712. The highest BCUT2D eigenvalue weighted by Gasteiger charge is 2.00. The van der Waals surface area contributed by atoms with E-state index in [-0.39, 0.29) is 0 Å². The van der Waals surface area contributed by atoms with Crippen molar-refractivity contribution in [3.63, 3.8) is 0 Å². The summed E-state index contributed by atoms with van der Waals surface area (Å²) in [4.78, 5) is 4.39. The molecule has 98 valence electrons. The first kappa shape index (κ1) is 12.7. The molecule has 0 aliphatic carbocycles. The minimum Gasteiger partial charge on any atom is -0.217 e. The summed E-state index contributed by atoms with van der Waals surface area (Å²) in [5, 5.41) is 8.85. The van der Waals surface area contributed by atoms with Gasteiger partial charge in [0.1, 0.15) is 0 Å². The molecule has 0 aliphatic rings. The topological polar surface area (TPSA) is 37.6 Å². The zero-order chi connectivity index (χ0) is 13.6. The Morgan fingerprint density at radius 3 is 2.65 bits per heavy atom. The van der Waals surface area contributed by atoms with Crippen LogP contribution in [-0.4, -0.2) is 4.98 Å². The van der Waals surface area contributed by atoms with Gasteiger partial charge in [-0.2, -0.15) is 5.11 Å². The van der Waals surface area contributed by atoms with E-state index < -0.39 is 0 Å². The fourth-order valence-corrected chi connectivity index (χ4v) is 2.63. The second-order valence-electron chi connectivity index (χ2n) is 4.25. The number of benzene rings is 2. The predicted molar refractivity (Wildman–Crippen MR) is 83.4 cm³/mol. The van der Waals surface area contributed by atoms with E-state index in [9.17, 15) is 0 Å². The molecule has 1 aromatic heterocycles. The van der Waals surface area contributed by atoms with Crippen LogP contribution in [0.3, 0.4) is 0 Å². The highest BCUT2D eigenvalue weighted by molar-refractivity contribution is 7.21. The largest absolute Gasteiger partial charge is 0.231 e. The van der Waals surface area contributed by atoms with Crippen LogP contribution >= 0.6 is 11.3 Å². The minimum absolute atomic E-state index is 0.690. The second-order valence-corrected chi connectivity index (χ2v) is 5.26. The van der Waals surface area contributed by atoms with Crippen molar-refractivity contribution in [2.75, 3.05) is 0 Å². The highest BCUT2D eigenvalue weighted by Crippen LogP contribution is 2.27. The fraction of sp³-hybridized carbons (Fsp3) is 0.0625. The maximum atomic E-state index is 4.39. The van der Waals surface area contributed by atoms with Crippen LogP contribution in [0.15, 0.2) is 77.1 Å². The molecule has 0 fully saturated rings. The number of rotatable bonds is 4. The number of thiazole rings is 1. The Balaban J connectivity index is 1.62. The third-order valence-electron chi connectivity index (χ3n) is 2.79. The van der Waals surface area contributed by atoms with Gasteiger partial charge >= 0.3 is 0 Å².